The van der Waals surface area contributed by atoms with E-state index in [1.165, 1.54) is 117 Å². The van der Waals surface area contributed by atoms with Gasteiger partial charge in [0.25, 0.3) is 0 Å². The van der Waals surface area contributed by atoms with Gasteiger partial charge in [0.2, 0.25) is 0 Å². The van der Waals surface area contributed by atoms with E-state index < -0.39 is 6.15 Å². The van der Waals surface area contributed by atoms with Gasteiger partial charge < -0.3 is 18.9 Å². The molecule has 264 valence electrons. The summed E-state index contributed by atoms with van der Waals surface area (Å²) in [6, 6.07) is 23.2. The molecule has 0 spiro atoms. The van der Waals surface area contributed by atoms with Crippen LogP contribution in [0.2, 0.25) is 0 Å². The van der Waals surface area contributed by atoms with Gasteiger partial charge in [0.05, 0.1) is 0 Å². The molecule has 0 radical (unpaired) electrons. The first kappa shape index (κ1) is 40.4. The molecular weight excluding hydrogens is 610 g/mol. The number of hydrogen-bond acceptors (Lipinski definition) is 4. The van der Waals surface area contributed by atoms with Crippen LogP contribution >= 0.6 is 0 Å². The van der Waals surface area contributed by atoms with Crippen molar-refractivity contribution in [2.24, 2.45) is 0 Å². The molecule has 5 aliphatic heterocycles. The van der Waals surface area contributed by atoms with Crippen LogP contribution in [0.1, 0.15) is 84.7 Å². The van der Waals surface area contributed by atoms with Crippen LogP contribution in [-0.4, -0.2) is 59.0 Å². The van der Waals surface area contributed by atoms with Crippen molar-refractivity contribution in [2.75, 3.05) is 52.9 Å². The Labute approximate surface area is 315 Å². The minimum Gasteiger partial charge on any atom is -0.381 e. The van der Waals surface area contributed by atoms with Crippen molar-refractivity contribution in [3.05, 3.63) is 94.0 Å². The van der Waals surface area contributed by atoms with Gasteiger partial charge in [-0.05, 0) is 98.3 Å². The fraction of sp³-hybridized carbons (Fsp3) is 0.500. The van der Waals surface area contributed by atoms with E-state index in [2.05, 4.69) is 102 Å². The van der Waals surface area contributed by atoms with Gasteiger partial charge in [0.1, 0.15) is 6.15 Å². The van der Waals surface area contributed by atoms with Gasteiger partial charge in [-0.2, -0.15) is 21.9 Å². The summed E-state index contributed by atoms with van der Waals surface area (Å²) in [5.74, 6) is 0. The Morgan fingerprint density at radius 1 is 0.420 bits per heavy atom. The van der Waals surface area contributed by atoms with Crippen molar-refractivity contribution in [3.63, 3.8) is 0 Å². The van der Waals surface area contributed by atoms with Crippen LogP contribution in [0.15, 0.2) is 60.7 Å². The number of benzene rings is 4. The van der Waals surface area contributed by atoms with Crippen LogP contribution in [0.25, 0.3) is 10.8 Å². The Balaban J connectivity index is 0.000000214. The Bertz CT molecular complexity index is 1440. The summed E-state index contributed by atoms with van der Waals surface area (Å²) in [6.45, 7) is 21.6. The van der Waals surface area contributed by atoms with Gasteiger partial charge in [-0.15, -0.1) is 0 Å². The minimum absolute atomic E-state index is 0. The molecule has 4 aromatic rings. The summed E-state index contributed by atoms with van der Waals surface area (Å²) in [5.41, 5.74) is 14.4. The zero-order valence-electron chi connectivity index (χ0n) is 32.3. The van der Waals surface area contributed by atoms with E-state index in [1.807, 2.05) is 0 Å². The van der Waals surface area contributed by atoms with Gasteiger partial charge in [0.15, 0.2) is 0 Å². The summed E-state index contributed by atoms with van der Waals surface area (Å²) in [4.78, 5) is 0. The van der Waals surface area contributed by atoms with Crippen molar-refractivity contribution in [3.8, 4) is 0 Å². The zero-order valence-corrected chi connectivity index (χ0v) is 32.3. The molecule has 0 amide bonds. The first-order chi connectivity index (χ1) is 23.9. The van der Waals surface area contributed by atoms with Crippen LogP contribution in [0.3, 0.4) is 0 Å². The van der Waals surface area contributed by atoms with Crippen molar-refractivity contribution >= 4 is 38.8 Å². The molecule has 0 atom stereocenters. The second kappa shape index (κ2) is 20.0. The summed E-state index contributed by atoms with van der Waals surface area (Å²) >= 11 is 0. The second-order valence-electron chi connectivity index (χ2n) is 14.6. The maximum absolute atomic E-state index is 4.94. The zero-order chi connectivity index (χ0) is 34.6. The third kappa shape index (κ3) is 9.54. The van der Waals surface area contributed by atoms with E-state index in [0.717, 1.165) is 52.9 Å². The standard InChI is InChI=1S/C28H28B.4C4H8O.Li/c1-17-13-19(3)27(20(4)14-17)29(28-21(5)15-18(2)16-22(28)6)24-11-7-9-23-10-8-12-25(29)26(23)24;4*1-2-4-5-3-1;/h7-16H,1-6H3;4*1-4H2;/q-1;;;;;+1. The molecule has 4 fully saturated rings. The van der Waals surface area contributed by atoms with Gasteiger partial charge in [0, 0.05) is 52.9 Å². The smallest absolute Gasteiger partial charge is 0.381 e. The van der Waals surface area contributed by atoms with Gasteiger partial charge in [-0.3, -0.25) is 0 Å². The number of ether oxygens (including phenoxy) is 4. The first-order valence-corrected chi connectivity index (χ1v) is 19.0. The molecular formula is C44H60BLiO4. The fourth-order valence-electron chi connectivity index (χ4n) is 8.77. The molecule has 0 bridgehead atoms. The number of aryl methyl sites for hydroxylation is 6. The number of hydrogen-bond donors (Lipinski definition) is 0. The molecule has 0 N–H and O–H groups in total. The topological polar surface area (TPSA) is 36.9 Å². The average Bonchev–Trinajstić information content (AvgIpc) is 3.93. The van der Waals surface area contributed by atoms with Gasteiger partial charge in [-0.25, -0.2) is 0 Å². The molecule has 50 heavy (non-hydrogen) atoms. The van der Waals surface area contributed by atoms with Crippen LogP contribution in [-0.2, 0) is 18.9 Å². The normalized spacial score (nSPS) is 17.8. The quantitative estimate of drug-likeness (QED) is 0.258. The predicted octanol–water partition coefficient (Wildman–Crippen LogP) is 4.57. The summed E-state index contributed by atoms with van der Waals surface area (Å²) < 4.78 is 19.8. The van der Waals surface area contributed by atoms with Crippen LogP contribution in [0.4, 0.5) is 0 Å². The maximum Gasteiger partial charge on any atom is 1.00 e. The van der Waals surface area contributed by atoms with Crippen LogP contribution in [0, 0.1) is 41.5 Å². The van der Waals surface area contributed by atoms with E-state index in [-0.39, 0.29) is 18.9 Å². The summed E-state index contributed by atoms with van der Waals surface area (Å²) in [6.07, 6.45) is 9.11. The molecule has 4 nitrogen and oxygen atoms in total. The van der Waals surface area contributed by atoms with Crippen molar-refractivity contribution in [2.45, 2.75) is 92.9 Å². The molecule has 9 rings (SSSR count). The Kier molecular flexibility index (Phi) is 16.2. The van der Waals surface area contributed by atoms with Crippen LogP contribution < -0.4 is 40.7 Å². The first-order valence-electron chi connectivity index (χ1n) is 19.0. The monoisotopic (exact) mass is 670 g/mol. The Morgan fingerprint density at radius 3 is 0.940 bits per heavy atom. The summed E-state index contributed by atoms with van der Waals surface area (Å²) in [7, 11) is 0. The SMILES string of the molecule is C1CCOC1.C1CCOC1.C1CCOC1.C1CCOC1.Cc1cc(C)c([B-]2(c3c(C)cc(C)cc3C)c3cccc4cccc2c34)c(C)c1.[Li+]. The van der Waals surface area contributed by atoms with Crippen molar-refractivity contribution in [1.82, 2.24) is 0 Å². The summed E-state index contributed by atoms with van der Waals surface area (Å²) in [5, 5.41) is 2.83. The number of rotatable bonds is 2. The molecule has 0 aliphatic carbocycles. The largest absolute Gasteiger partial charge is 1.00 e. The van der Waals surface area contributed by atoms with E-state index in [1.54, 1.807) is 0 Å². The Morgan fingerprint density at radius 2 is 0.700 bits per heavy atom. The minimum atomic E-state index is -1.11. The average molecular weight is 671 g/mol. The molecule has 6 heteroatoms. The van der Waals surface area contributed by atoms with E-state index in [0.29, 0.717) is 0 Å². The molecule has 5 heterocycles. The molecule has 4 saturated heterocycles. The van der Waals surface area contributed by atoms with Crippen molar-refractivity contribution in [1.29, 1.82) is 0 Å². The van der Waals surface area contributed by atoms with E-state index >= 15 is 0 Å². The van der Waals surface area contributed by atoms with E-state index in [9.17, 15) is 0 Å². The molecule has 0 aromatic heterocycles. The third-order valence-corrected chi connectivity index (χ3v) is 10.6. The molecule has 0 unspecified atom stereocenters. The van der Waals surface area contributed by atoms with E-state index in [4.69, 9.17) is 18.9 Å². The predicted molar refractivity (Wildman–Crippen MR) is 210 cm³/mol. The third-order valence-electron chi connectivity index (χ3n) is 10.6. The van der Waals surface area contributed by atoms with Crippen LogP contribution in [0.5, 0.6) is 0 Å². The second-order valence-corrected chi connectivity index (χ2v) is 14.6. The van der Waals surface area contributed by atoms with Gasteiger partial charge in [-0.1, -0.05) is 99.4 Å². The fourth-order valence-corrected chi connectivity index (χ4v) is 8.77. The van der Waals surface area contributed by atoms with Crippen molar-refractivity contribution < 1.29 is 37.8 Å². The molecule has 0 saturated carbocycles. The maximum atomic E-state index is 4.94. The molecule has 5 aliphatic rings. The van der Waals surface area contributed by atoms with Gasteiger partial charge >= 0.3 is 18.9 Å². The Hall–Kier alpha value is -2.36. The molecule has 4 aromatic carbocycles.